The third-order valence-corrected chi connectivity index (χ3v) is 4.89. The zero-order valence-corrected chi connectivity index (χ0v) is 17.1. The van der Waals surface area contributed by atoms with E-state index in [4.69, 9.17) is 18.5 Å². The Labute approximate surface area is 173 Å². The second kappa shape index (κ2) is 8.24. The fraction of sp³-hybridized carbons (Fsp3) is 0.238. The second-order valence-electron chi connectivity index (χ2n) is 6.58. The molecule has 9 nitrogen and oxygen atoms in total. The van der Waals surface area contributed by atoms with Crippen molar-refractivity contribution < 1.29 is 18.5 Å². The molecule has 3 aromatic heterocycles. The van der Waals surface area contributed by atoms with E-state index < -0.39 is 0 Å². The molecule has 0 saturated heterocycles. The first-order valence-corrected chi connectivity index (χ1v) is 9.27. The lowest BCUT2D eigenvalue weighted by Crippen LogP contribution is -2.22. The average Bonchev–Trinajstić information content (AvgIpc) is 3.50. The zero-order chi connectivity index (χ0) is 21.1. The third-order valence-electron chi connectivity index (χ3n) is 4.89. The summed E-state index contributed by atoms with van der Waals surface area (Å²) < 4.78 is 21.2. The summed E-state index contributed by atoms with van der Waals surface area (Å²) >= 11 is 0. The predicted molar refractivity (Wildman–Crippen MR) is 109 cm³/mol. The van der Waals surface area contributed by atoms with E-state index in [2.05, 4.69) is 20.3 Å². The van der Waals surface area contributed by atoms with Crippen LogP contribution in [0.25, 0.3) is 22.8 Å². The Morgan fingerprint density at radius 2 is 1.90 bits per heavy atom. The first-order chi connectivity index (χ1) is 14.6. The molecule has 0 radical (unpaired) electrons. The highest BCUT2D eigenvalue weighted by atomic mass is 16.5. The van der Waals surface area contributed by atoms with Gasteiger partial charge in [-0.05, 0) is 31.2 Å². The van der Waals surface area contributed by atoms with Crippen molar-refractivity contribution in [3.63, 3.8) is 0 Å². The summed E-state index contributed by atoms with van der Waals surface area (Å²) in [6.07, 6.45) is 3.25. The lowest BCUT2D eigenvalue weighted by Gasteiger charge is -2.24. The van der Waals surface area contributed by atoms with Crippen molar-refractivity contribution in [2.75, 3.05) is 26.2 Å². The number of aromatic nitrogens is 4. The number of anilines is 1. The average molecular weight is 407 g/mol. The molecule has 0 saturated carbocycles. The largest absolute Gasteiger partial charge is 0.493 e. The standard InChI is InChI=1S/C21H21N5O4/c1-13(16-10-11-29-24-16)26(2)18-9-8-14(12-22-18)21-23-20(25-30-21)15-6-5-7-17(27-3)19(15)28-4/h5-13H,1-4H3/t13-/m1/s1. The molecule has 154 valence electrons. The number of hydrogen-bond donors (Lipinski definition) is 0. The van der Waals surface area contributed by atoms with Crippen LogP contribution in [0.3, 0.4) is 0 Å². The summed E-state index contributed by atoms with van der Waals surface area (Å²) in [5.41, 5.74) is 2.22. The topological polar surface area (TPSA) is 99.5 Å². The molecule has 4 rings (SSSR count). The van der Waals surface area contributed by atoms with Gasteiger partial charge in [-0.2, -0.15) is 4.98 Å². The molecule has 1 aromatic carbocycles. The second-order valence-corrected chi connectivity index (χ2v) is 6.58. The van der Waals surface area contributed by atoms with Crippen molar-refractivity contribution in [1.29, 1.82) is 0 Å². The fourth-order valence-electron chi connectivity index (χ4n) is 3.07. The smallest absolute Gasteiger partial charge is 0.259 e. The highest BCUT2D eigenvalue weighted by molar-refractivity contribution is 5.69. The minimum atomic E-state index is 0.0117. The number of para-hydroxylation sites is 1. The summed E-state index contributed by atoms with van der Waals surface area (Å²) in [5, 5.41) is 8.08. The summed E-state index contributed by atoms with van der Waals surface area (Å²) in [6.45, 7) is 2.03. The number of benzene rings is 1. The van der Waals surface area contributed by atoms with Crippen molar-refractivity contribution in [3.8, 4) is 34.3 Å². The van der Waals surface area contributed by atoms with Crippen molar-refractivity contribution in [2.24, 2.45) is 0 Å². The Bertz CT molecular complexity index is 1110. The van der Waals surface area contributed by atoms with E-state index in [1.165, 1.54) is 0 Å². The van der Waals surface area contributed by atoms with Gasteiger partial charge in [-0.1, -0.05) is 16.4 Å². The number of ether oxygens (including phenoxy) is 2. The van der Waals surface area contributed by atoms with E-state index in [1.807, 2.05) is 55.3 Å². The van der Waals surface area contributed by atoms with Crippen molar-refractivity contribution >= 4 is 5.82 Å². The molecule has 0 N–H and O–H groups in total. The van der Waals surface area contributed by atoms with Crippen LogP contribution in [0.15, 0.2) is 57.9 Å². The molecule has 1 atom stereocenters. The molecule has 0 fully saturated rings. The lowest BCUT2D eigenvalue weighted by atomic mass is 10.1. The van der Waals surface area contributed by atoms with Crippen molar-refractivity contribution in [3.05, 3.63) is 54.6 Å². The minimum Gasteiger partial charge on any atom is -0.493 e. The molecule has 3 heterocycles. The molecular formula is C21H21N5O4. The van der Waals surface area contributed by atoms with Gasteiger partial charge in [0.25, 0.3) is 5.89 Å². The lowest BCUT2D eigenvalue weighted by molar-refractivity contribution is 0.355. The maximum atomic E-state index is 5.46. The molecule has 0 bridgehead atoms. The quantitative estimate of drug-likeness (QED) is 0.450. The summed E-state index contributed by atoms with van der Waals surface area (Å²) in [4.78, 5) is 11.0. The molecule has 9 heteroatoms. The van der Waals surface area contributed by atoms with E-state index in [0.717, 1.165) is 11.5 Å². The number of rotatable bonds is 7. The zero-order valence-electron chi connectivity index (χ0n) is 17.1. The van der Waals surface area contributed by atoms with Crippen LogP contribution in [0.2, 0.25) is 0 Å². The fourth-order valence-corrected chi connectivity index (χ4v) is 3.07. The number of pyridine rings is 1. The Hall–Kier alpha value is -3.88. The first-order valence-electron chi connectivity index (χ1n) is 9.27. The van der Waals surface area contributed by atoms with Crippen molar-refractivity contribution in [2.45, 2.75) is 13.0 Å². The van der Waals surface area contributed by atoms with Gasteiger partial charge in [0, 0.05) is 19.3 Å². The Morgan fingerprint density at radius 3 is 2.57 bits per heavy atom. The van der Waals surface area contributed by atoms with Crippen LogP contribution in [0, 0.1) is 0 Å². The van der Waals surface area contributed by atoms with Gasteiger partial charge in [-0.25, -0.2) is 4.98 Å². The highest BCUT2D eigenvalue weighted by Gasteiger charge is 2.19. The van der Waals surface area contributed by atoms with Crippen LogP contribution in [0.1, 0.15) is 18.7 Å². The van der Waals surface area contributed by atoms with E-state index in [-0.39, 0.29) is 6.04 Å². The summed E-state index contributed by atoms with van der Waals surface area (Å²) in [6, 6.07) is 11.1. The highest BCUT2D eigenvalue weighted by Crippen LogP contribution is 2.37. The van der Waals surface area contributed by atoms with Gasteiger partial charge < -0.3 is 23.4 Å². The number of methoxy groups -OCH3 is 2. The Kier molecular flexibility index (Phi) is 5.34. The molecule has 4 aromatic rings. The van der Waals surface area contributed by atoms with Gasteiger partial charge in [-0.3, -0.25) is 0 Å². The van der Waals surface area contributed by atoms with E-state index in [0.29, 0.717) is 34.3 Å². The Balaban J connectivity index is 1.57. The molecular weight excluding hydrogens is 386 g/mol. The maximum Gasteiger partial charge on any atom is 0.259 e. The molecule has 30 heavy (non-hydrogen) atoms. The third kappa shape index (κ3) is 3.57. The van der Waals surface area contributed by atoms with Crippen LogP contribution in [0.5, 0.6) is 11.5 Å². The molecule has 0 aliphatic carbocycles. The van der Waals surface area contributed by atoms with Gasteiger partial charge in [0.05, 0.1) is 31.4 Å². The van der Waals surface area contributed by atoms with E-state index in [1.54, 1.807) is 26.7 Å². The maximum absolute atomic E-state index is 5.46. The van der Waals surface area contributed by atoms with Gasteiger partial charge in [0.1, 0.15) is 17.8 Å². The van der Waals surface area contributed by atoms with Crippen LogP contribution in [0.4, 0.5) is 5.82 Å². The van der Waals surface area contributed by atoms with E-state index in [9.17, 15) is 0 Å². The SMILES string of the molecule is COc1cccc(-c2noc(-c3ccc(N(C)[C@H](C)c4ccon4)nc3)n2)c1OC. The van der Waals surface area contributed by atoms with Crippen LogP contribution in [-0.4, -0.2) is 41.5 Å². The molecule has 0 amide bonds. The van der Waals surface area contributed by atoms with Crippen LogP contribution < -0.4 is 14.4 Å². The van der Waals surface area contributed by atoms with E-state index >= 15 is 0 Å². The summed E-state index contributed by atoms with van der Waals surface area (Å²) in [5.74, 6) is 2.69. The number of hydrogen-bond acceptors (Lipinski definition) is 9. The summed E-state index contributed by atoms with van der Waals surface area (Å²) in [7, 11) is 5.10. The van der Waals surface area contributed by atoms with Gasteiger partial charge >= 0.3 is 0 Å². The van der Waals surface area contributed by atoms with Gasteiger partial charge in [0.15, 0.2) is 11.5 Å². The Morgan fingerprint density at radius 1 is 1.03 bits per heavy atom. The first kappa shape index (κ1) is 19.4. The monoisotopic (exact) mass is 407 g/mol. The van der Waals surface area contributed by atoms with Gasteiger partial charge in [-0.15, -0.1) is 0 Å². The van der Waals surface area contributed by atoms with Crippen molar-refractivity contribution in [1.82, 2.24) is 20.3 Å². The minimum absolute atomic E-state index is 0.0117. The molecule has 0 unspecified atom stereocenters. The van der Waals surface area contributed by atoms with Gasteiger partial charge in [0.2, 0.25) is 5.82 Å². The normalized spacial score (nSPS) is 11.9. The number of nitrogens with zero attached hydrogens (tertiary/aromatic N) is 5. The predicted octanol–water partition coefficient (Wildman–Crippen LogP) is 4.00. The molecule has 0 aliphatic rings. The van der Waals surface area contributed by atoms with Crippen LogP contribution in [-0.2, 0) is 0 Å². The molecule has 0 spiro atoms. The van der Waals surface area contributed by atoms with Crippen LogP contribution >= 0.6 is 0 Å². The molecule has 0 aliphatic heterocycles.